The average Bonchev–Trinajstić information content (AvgIpc) is 3.02. The molecule has 1 saturated heterocycles. The van der Waals surface area contributed by atoms with E-state index in [1.165, 1.54) is 17.1 Å². The number of nitrogens with zero attached hydrogens (tertiary/aromatic N) is 4. The van der Waals surface area contributed by atoms with Crippen molar-refractivity contribution in [2.45, 2.75) is 18.7 Å². The van der Waals surface area contributed by atoms with Gasteiger partial charge in [0.2, 0.25) is 5.91 Å². The number of hydrogen-bond donors (Lipinski definition) is 0. The molecule has 4 rings (SSSR count). The van der Waals surface area contributed by atoms with Crippen molar-refractivity contribution in [2.75, 3.05) is 19.0 Å². The van der Waals surface area contributed by atoms with Crippen LogP contribution in [-0.2, 0) is 11.3 Å². The Bertz CT molecular complexity index is 1120. The van der Waals surface area contributed by atoms with E-state index in [4.69, 9.17) is 0 Å². The Kier molecular flexibility index (Phi) is 5.86. The van der Waals surface area contributed by atoms with Crippen LogP contribution < -0.4 is 4.90 Å². The molecule has 0 spiro atoms. The first-order chi connectivity index (χ1) is 14.5. The molecule has 6 heteroatoms. The van der Waals surface area contributed by atoms with Crippen LogP contribution in [0.25, 0.3) is 10.8 Å². The van der Waals surface area contributed by atoms with E-state index in [0.29, 0.717) is 11.7 Å². The monoisotopic (exact) mass is 416 g/mol. The van der Waals surface area contributed by atoms with Crippen LogP contribution >= 0.6 is 11.8 Å². The van der Waals surface area contributed by atoms with Gasteiger partial charge in [0.15, 0.2) is 5.17 Å². The van der Waals surface area contributed by atoms with Crippen LogP contribution in [-0.4, -0.2) is 41.5 Å². The van der Waals surface area contributed by atoms with Gasteiger partial charge in [0.05, 0.1) is 18.0 Å². The molecule has 1 fully saturated rings. The summed E-state index contributed by atoms with van der Waals surface area (Å²) in [4.78, 5) is 16.5. The predicted molar refractivity (Wildman–Crippen MR) is 127 cm³/mol. The van der Waals surface area contributed by atoms with Crippen LogP contribution in [0.5, 0.6) is 0 Å². The van der Waals surface area contributed by atoms with Gasteiger partial charge in [0.1, 0.15) is 0 Å². The molecule has 0 aromatic heterocycles. The maximum Gasteiger partial charge on any atom is 0.242 e. The third kappa shape index (κ3) is 4.24. The zero-order valence-corrected chi connectivity index (χ0v) is 18.1. The van der Waals surface area contributed by atoms with Crippen LogP contribution in [0.15, 0.2) is 76.9 Å². The minimum absolute atomic E-state index is 0.0669. The Morgan fingerprint density at radius 1 is 1.03 bits per heavy atom. The van der Waals surface area contributed by atoms with Crippen molar-refractivity contribution in [1.29, 1.82) is 0 Å². The molecule has 1 heterocycles. The van der Waals surface area contributed by atoms with Crippen LogP contribution in [0.2, 0.25) is 0 Å². The molecule has 5 nitrogen and oxygen atoms in total. The summed E-state index contributed by atoms with van der Waals surface area (Å²) in [5, 5.41) is 11.4. The Hall–Kier alpha value is -3.12. The van der Waals surface area contributed by atoms with Gasteiger partial charge < -0.3 is 4.90 Å². The third-order valence-electron chi connectivity index (χ3n) is 5.09. The molecule has 0 aliphatic carbocycles. The molecule has 0 N–H and O–H groups in total. The normalized spacial score (nSPS) is 18.1. The van der Waals surface area contributed by atoms with E-state index in [-0.39, 0.29) is 11.2 Å². The number of hydrogen-bond acceptors (Lipinski definition) is 5. The number of amides is 1. The highest BCUT2D eigenvalue weighted by Crippen LogP contribution is 2.30. The van der Waals surface area contributed by atoms with Gasteiger partial charge in [0.25, 0.3) is 0 Å². The van der Waals surface area contributed by atoms with Gasteiger partial charge in [-0.25, -0.2) is 0 Å². The van der Waals surface area contributed by atoms with Crippen molar-refractivity contribution in [3.8, 4) is 0 Å². The van der Waals surface area contributed by atoms with Crippen molar-refractivity contribution in [1.82, 2.24) is 4.90 Å². The minimum atomic E-state index is -0.159. The lowest BCUT2D eigenvalue weighted by atomic mass is 10.0. The molecular weight excluding hydrogens is 392 g/mol. The van der Waals surface area contributed by atoms with E-state index in [1.54, 1.807) is 11.1 Å². The predicted octanol–water partition coefficient (Wildman–Crippen LogP) is 4.76. The van der Waals surface area contributed by atoms with Crippen molar-refractivity contribution in [3.05, 3.63) is 77.9 Å². The molecule has 0 unspecified atom stereocenters. The molecule has 152 valence electrons. The summed E-state index contributed by atoms with van der Waals surface area (Å²) in [6, 6.07) is 22.5. The van der Waals surface area contributed by atoms with Crippen molar-refractivity contribution in [3.63, 3.8) is 0 Å². The highest BCUT2D eigenvalue weighted by molar-refractivity contribution is 8.15. The molecule has 1 amide bonds. The van der Waals surface area contributed by atoms with Gasteiger partial charge in [0, 0.05) is 19.8 Å². The lowest BCUT2D eigenvalue weighted by molar-refractivity contribution is -0.126. The topological polar surface area (TPSA) is 48.3 Å². The highest BCUT2D eigenvalue weighted by Gasteiger charge is 2.35. The first-order valence-corrected chi connectivity index (χ1v) is 10.7. The number of carbonyl (C=O) groups is 1. The fraction of sp³-hybridized carbons (Fsp3) is 0.208. The van der Waals surface area contributed by atoms with E-state index in [1.807, 2.05) is 63.5 Å². The highest BCUT2D eigenvalue weighted by atomic mass is 32.2. The van der Waals surface area contributed by atoms with Crippen molar-refractivity contribution >= 4 is 45.5 Å². The molecule has 1 aliphatic rings. The van der Waals surface area contributed by atoms with Crippen LogP contribution in [0.3, 0.4) is 0 Å². The fourth-order valence-electron chi connectivity index (χ4n) is 3.41. The molecule has 0 saturated carbocycles. The maximum atomic E-state index is 12.8. The van der Waals surface area contributed by atoms with Crippen molar-refractivity contribution in [2.24, 2.45) is 10.2 Å². The van der Waals surface area contributed by atoms with E-state index in [9.17, 15) is 4.79 Å². The summed E-state index contributed by atoms with van der Waals surface area (Å²) >= 11 is 1.45. The van der Waals surface area contributed by atoms with Gasteiger partial charge in [-0.2, -0.15) is 5.10 Å². The first-order valence-electron chi connectivity index (χ1n) is 9.86. The summed E-state index contributed by atoms with van der Waals surface area (Å²) in [5.74, 6) is 0.0669. The van der Waals surface area contributed by atoms with Crippen LogP contribution in [0, 0.1) is 0 Å². The molecule has 0 radical (unpaired) electrons. The summed E-state index contributed by atoms with van der Waals surface area (Å²) < 4.78 is 0. The summed E-state index contributed by atoms with van der Waals surface area (Å²) in [6.07, 6.45) is 1.72. The molecule has 3 aromatic rings. The lowest BCUT2D eigenvalue weighted by Crippen LogP contribution is -2.30. The maximum absolute atomic E-state index is 12.8. The second-order valence-electron chi connectivity index (χ2n) is 7.44. The molecule has 30 heavy (non-hydrogen) atoms. The van der Waals surface area contributed by atoms with Gasteiger partial charge >= 0.3 is 0 Å². The Balaban J connectivity index is 1.56. The number of benzene rings is 3. The van der Waals surface area contributed by atoms with Crippen LogP contribution in [0.4, 0.5) is 5.69 Å². The van der Waals surface area contributed by atoms with Gasteiger partial charge in [-0.3, -0.25) is 9.69 Å². The van der Waals surface area contributed by atoms with E-state index >= 15 is 0 Å². The number of amidine groups is 1. The number of rotatable bonds is 5. The number of anilines is 1. The number of thioether (sulfide) groups is 1. The van der Waals surface area contributed by atoms with Crippen LogP contribution in [0.1, 0.15) is 18.1 Å². The van der Waals surface area contributed by atoms with E-state index in [2.05, 4.69) is 39.4 Å². The zero-order valence-electron chi connectivity index (χ0n) is 17.3. The second-order valence-corrected chi connectivity index (χ2v) is 8.74. The first kappa shape index (κ1) is 20.2. The minimum Gasteiger partial charge on any atom is -0.378 e. The summed E-state index contributed by atoms with van der Waals surface area (Å²) in [7, 11) is 4.02. The third-order valence-corrected chi connectivity index (χ3v) is 6.16. The SMILES string of the molecule is C[C@@H]1S/C(=N/N=C\c2ccc(N(C)C)cc2)N(Cc2cccc3ccccc23)C1=O. The van der Waals surface area contributed by atoms with Gasteiger partial charge in [-0.05, 0) is 41.0 Å². The Morgan fingerprint density at radius 3 is 2.53 bits per heavy atom. The smallest absolute Gasteiger partial charge is 0.242 e. The molecule has 1 aliphatic heterocycles. The molecule has 0 bridgehead atoms. The zero-order chi connectivity index (χ0) is 21.1. The number of fused-ring (bicyclic) bond motifs is 1. The van der Waals surface area contributed by atoms with E-state index < -0.39 is 0 Å². The lowest BCUT2D eigenvalue weighted by Gasteiger charge is -2.17. The number of carbonyl (C=O) groups excluding carboxylic acids is 1. The molecule has 1 atom stereocenters. The Morgan fingerprint density at radius 2 is 1.77 bits per heavy atom. The summed E-state index contributed by atoms with van der Waals surface area (Å²) in [6.45, 7) is 2.40. The van der Waals surface area contributed by atoms with E-state index in [0.717, 1.165) is 22.2 Å². The standard InChI is InChI=1S/C24H24N4OS/c1-17-23(29)28(16-20-9-6-8-19-7-4-5-10-22(19)20)24(30-17)26-25-15-18-11-13-21(14-12-18)27(2)3/h4-15,17H,16H2,1-3H3/b25-15-,26-24+/t17-/m0/s1. The summed E-state index contributed by atoms with van der Waals surface area (Å²) in [5.41, 5.74) is 3.20. The second kappa shape index (κ2) is 8.71. The average molecular weight is 417 g/mol. The van der Waals surface area contributed by atoms with Gasteiger partial charge in [-0.1, -0.05) is 66.4 Å². The Labute approximate surface area is 181 Å². The van der Waals surface area contributed by atoms with Gasteiger partial charge in [-0.15, -0.1) is 5.10 Å². The molecule has 3 aromatic carbocycles. The molecular formula is C24H24N4OS. The quantitative estimate of drug-likeness (QED) is 0.445. The fourth-order valence-corrected chi connectivity index (χ4v) is 4.33. The largest absolute Gasteiger partial charge is 0.378 e. The van der Waals surface area contributed by atoms with Crippen molar-refractivity contribution < 1.29 is 4.79 Å².